The van der Waals surface area contributed by atoms with Crippen molar-refractivity contribution in [2.45, 2.75) is 52.6 Å². The first-order valence-electron chi connectivity index (χ1n) is 15.0. The molecule has 1 aromatic heterocycles. The maximum absolute atomic E-state index is 13.6. The SMILES string of the molecule is [2H]C([2H])(c1ccc(-c2ccccc2-c2nn[nH]n2)cc1)N(C(=O)CCCC)[C@H](C(=O)OCCN1CCOCC1)C(C)C. The molecule has 10 heteroatoms. The number of amides is 1. The molecule has 1 aliphatic rings. The molecule has 214 valence electrons. The van der Waals surface area contributed by atoms with E-state index >= 15 is 0 Å². The molecule has 0 spiro atoms. The third-order valence-electron chi connectivity index (χ3n) is 6.88. The molecule has 0 aliphatic carbocycles. The van der Waals surface area contributed by atoms with Crippen molar-refractivity contribution in [3.05, 3.63) is 54.1 Å². The van der Waals surface area contributed by atoms with E-state index < -0.39 is 24.4 Å². The van der Waals surface area contributed by atoms with Crippen molar-refractivity contribution in [2.75, 3.05) is 39.5 Å². The lowest BCUT2D eigenvalue weighted by Crippen LogP contribution is -2.49. The fourth-order valence-corrected chi connectivity index (χ4v) is 4.67. The molecule has 0 bridgehead atoms. The fraction of sp³-hybridized carbons (Fsp3) is 0.500. The Labute approximate surface area is 238 Å². The summed E-state index contributed by atoms with van der Waals surface area (Å²) in [6, 6.07) is 13.4. The van der Waals surface area contributed by atoms with E-state index in [4.69, 9.17) is 9.47 Å². The van der Waals surface area contributed by atoms with Crippen LogP contribution in [0.5, 0.6) is 0 Å². The molecule has 1 N–H and O–H groups in total. The molecule has 1 saturated heterocycles. The molecule has 3 aromatic rings. The first kappa shape index (κ1) is 26.6. The van der Waals surface area contributed by atoms with Crippen molar-refractivity contribution in [3.8, 4) is 22.5 Å². The van der Waals surface area contributed by atoms with E-state index in [1.54, 1.807) is 24.3 Å². The third-order valence-corrected chi connectivity index (χ3v) is 6.88. The Kier molecular flexibility index (Phi) is 9.75. The van der Waals surface area contributed by atoms with Crippen molar-refractivity contribution in [3.63, 3.8) is 0 Å². The number of benzene rings is 2. The smallest absolute Gasteiger partial charge is 0.329 e. The quantitative estimate of drug-likeness (QED) is 0.318. The number of nitrogens with one attached hydrogen (secondary N) is 1. The number of aromatic nitrogens is 4. The summed E-state index contributed by atoms with van der Waals surface area (Å²) in [4.78, 5) is 30.3. The zero-order chi connectivity index (χ0) is 30.1. The van der Waals surface area contributed by atoms with Crippen LogP contribution in [0.2, 0.25) is 0 Å². The molecule has 1 atom stereocenters. The van der Waals surface area contributed by atoms with Gasteiger partial charge in [-0.05, 0) is 34.2 Å². The highest BCUT2D eigenvalue weighted by Gasteiger charge is 2.33. The molecule has 1 fully saturated rings. The normalized spacial score (nSPS) is 15.8. The average Bonchev–Trinajstić information content (AvgIpc) is 3.54. The summed E-state index contributed by atoms with van der Waals surface area (Å²) in [5, 5.41) is 14.3. The Morgan fingerprint density at radius 1 is 1.12 bits per heavy atom. The first-order chi connectivity index (χ1) is 20.2. The molecule has 1 aliphatic heterocycles. The Balaban J connectivity index is 1.60. The van der Waals surface area contributed by atoms with Crippen LogP contribution in [0.3, 0.4) is 0 Å². The van der Waals surface area contributed by atoms with Gasteiger partial charge in [-0.25, -0.2) is 4.79 Å². The van der Waals surface area contributed by atoms with Crippen molar-refractivity contribution in [1.29, 1.82) is 0 Å². The number of ether oxygens (including phenoxy) is 2. The second kappa shape index (κ2) is 14.7. The fourth-order valence-electron chi connectivity index (χ4n) is 4.67. The maximum Gasteiger partial charge on any atom is 0.329 e. The molecule has 2 heterocycles. The Morgan fingerprint density at radius 2 is 1.85 bits per heavy atom. The molecule has 40 heavy (non-hydrogen) atoms. The van der Waals surface area contributed by atoms with E-state index in [0.717, 1.165) is 41.1 Å². The Hall–Kier alpha value is -3.63. The number of nitrogens with zero attached hydrogens (tertiary/aromatic N) is 5. The summed E-state index contributed by atoms with van der Waals surface area (Å²) < 4.78 is 29.4. The zero-order valence-electron chi connectivity index (χ0n) is 25.5. The van der Waals surface area contributed by atoms with Crippen molar-refractivity contribution in [2.24, 2.45) is 5.92 Å². The van der Waals surface area contributed by atoms with Crippen LogP contribution in [0.1, 0.15) is 48.3 Å². The van der Waals surface area contributed by atoms with Gasteiger partial charge in [-0.3, -0.25) is 9.69 Å². The van der Waals surface area contributed by atoms with Gasteiger partial charge in [-0.2, -0.15) is 5.21 Å². The first-order valence-corrected chi connectivity index (χ1v) is 14.0. The monoisotopic (exact) mass is 550 g/mol. The summed E-state index contributed by atoms with van der Waals surface area (Å²) in [6.45, 7) is 6.86. The lowest BCUT2D eigenvalue weighted by Gasteiger charge is -2.33. The number of aromatic amines is 1. The Bertz CT molecular complexity index is 1300. The summed E-state index contributed by atoms with van der Waals surface area (Å²) >= 11 is 0. The molecule has 0 radical (unpaired) electrons. The number of unbranched alkanes of at least 4 members (excludes halogenated alkanes) is 1. The summed E-state index contributed by atoms with van der Waals surface area (Å²) in [6.07, 6.45) is 1.50. The predicted octanol–water partition coefficient (Wildman–Crippen LogP) is 3.95. The average molecular weight is 551 g/mol. The number of rotatable bonds is 13. The van der Waals surface area contributed by atoms with E-state index in [2.05, 4.69) is 25.5 Å². The zero-order valence-corrected chi connectivity index (χ0v) is 23.5. The molecule has 0 unspecified atom stereocenters. The second-order valence-corrected chi connectivity index (χ2v) is 10.1. The summed E-state index contributed by atoms with van der Waals surface area (Å²) in [5.74, 6) is -0.942. The molecular formula is C30H40N6O4. The van der Waals surface area contributed by atoms with Crippen molar-refractivity contribution < 1.29 is 21.8 Å². The minimum absolute atomic E-state index is 0.135. The number of carbonyl (C=O) groups excluding carboxylic acids is 2. The largest absolute Gasteiger partial charge is 0.463 e. The van der Waals surface area contributed by atoms with Crippen LogP contribution in [0.4, 0.5) is 0 Å². The summed E-state index contributed by atoms with van der Waals surface area (Å²) in [7, 11) is 0. The topological polar surface area (TPSA) is 114 Å². The number of esters is 1. The molecule has 2 aromatic carbocycles. The van der Waals surface area contributed by atoms with Crippen LogP contribution in [0.15, 0.2) is 48.5 Å². The maximum atomic E-state index is 13.6. The number of hydrogen-bond donors (Lipinski definition) is 1. The number of hydrogen-bond acceptors (Lipinski definition) is 8. The van der Waals surface area contributed by atoms with E-state index in [-0.39, 0.29) is 24.5 Å². The number of carbonyl (C=O) groups is 2. The number of H-pyrrole nitrogens is 1. The van der Waals surface area contributed by atoms with Gasteiger partial charge in [-0.15, -0.1) is 10.2 Å². The van der Waals surface area contributed by atoms with Crippen molar-refractivity contribution in [1.82, 2.24) is 30.4 Å². The standard InChI is InChI=1S/C30H40N6O4/c1-4-5-10-27(37)36(28(22(2)3)30(38)40-20-17-35-15-18-39-19-16-35)21-23-11-13-24(14-12-23)25-8-6-7-9-26(25)29-31-33-34-32-29/h6-9,11-14,22,28H,4-5,10,15-21H2,1-3H3,(H,31,32,33,34)/t28-/m0/s1/i21D2. The lowest BCUT2D eigenvalue weighted by molar-refractivity contribution is -0.158. The van der Waals surface area contributed by atoms with Crippen LogP contribution in [0.25, 0.3) is 22.5 Å². The van der Waals surface area contributed by atoms with Crippen molar-refractivity contribution >= 4 is 11.9 Å². The molecule has 1 amide bonds. The number of morpholine rings is 1. The van der Waals surface area contributed by atoms with E-state index in [0.29, 0.717) is 32.0 Å². The van der Waals surface area contributed by atoms with Gasteiger partial charge < -0.3 is 14.4 Å². The van der Waals surface area contributed by atoms with Crippen LogP contribution < -0.4 is 0 Å². The molecule has 0 saturated carbocycles. The molecule has 4 rings (SSSR count). The number of tetrazole rings is 1. The highest BCUT2D eigenvalue weighted by Crippen LogP contribution is 2.30. The minimum atomic E-state index is -2.27. The van der Waals surface area contributed by atoms with Gasteiger partial charge in [0.25, 0.3) is 0 Å². The summed E-state index contributed by atoms with van der Waals surface area (Å²) in [5.41, 5.74) is 2.71. The van der Waals surface area contributed by atoms with Crippen LogP contribution in [0, 0.1) is 5.92 Å². The minimum Gasteiger partial charge on any atom is -0.463 e. The van der Waals surface area contributed by atoms with E-state index in [9.17, 15) is 12.3 Å². The van der Waals surface area contributed by atoms with Gasteiger partial charge in [0.1, 0.15) is 12.6 Å². The van der Waals surface area contributed by atoms with Gasteiger partial charge >= 0.3 is 5.97 Å². The third kappa shape index (κ3) is 7.73. The molecular weight excluding hydrogens is 508 g/mol. The van der Waals surface area contributed by atoms with Crippen LogP contribution in [-0.2, 0) is 25.6 Å². The van der Waals surface area contributed by atoms with Gasteiger partial charge in [0.05, 0.1) is 16.0 Å². The highest BCUT2D eigenvalue weighted by atomic mass is 16.5. The predicted molar refractivity (Wildman–Crippen MR) is 152 cm³/mol. The second-order valence-electron chi connectivity index (χ2n) is 10.1. The van der Waals surface area contributed by atoms with E-state index in [1.807, 2.05) is 45.0 Å². The van der Waals surface area contributed by atoms with Gasteiger partial charge in [0.15, 0.2) is 0 Å². The van der Waals surface area contributed by atoms with Crippen LogP contribution in [-0.4, -0.2) is 87.8 Å². The van der Waals surface area contributed by atoms with Gasteiger partial charge in [0.2, 0.25) is 11.7 Å². The van der Waals surface area contributed by atoms with Gasteiger partial charge in [-0.1, -0.05) is 75.7 Å². The Morgan fingerprint density at radius 3 is 2.50 bits per heavy atom. The van der Waals surface area contributed by atoms with E-state index in [1.165, 1.54) is 0 Å². The lowest BCUT2D eigenvalue weighted by atomic mass is 9.97. The molecule has 10 nitrogen and oxygen atoms in total. The van der Waals surface area contributed by atoms with Crippen LogP contribution >= 0.6 is 0 Å². The van der Waals surface area contributed by atoms with Gasteiger partial charge in [0, 0.05) is 38.1 Å². The highest BCUT2D eigenvalue weighted by molar-refractivity contribution is 5.85.